The number of halogens is 1. The number of amides is 2. The first-order valence-electron chi connectivity index (χ1n) is 8.49. The van der Waals surface area contributed by atoms with Crippen molar-refractivity contribution in [1.29, 1.82) is 0 Å². The number of allylic oxidation sites excluding steroid dienone is 1. The molecule has 1 aromatic heterocycles. The lowest BCUT2D eigenvalue weighted by Crippen LogP contribution is -2.48. The van der Waals surface area contributed by atoms with Gasteiger partial charge in [0.25, 0.3) is 0 Å². The van der Waals surface area contributed by atoms with Crippen LogP contribution in [0.1, 0.15) is 31.9 Å². The quantitative estimate of drug-likeness (QED) is 0.813. The van der Waals surface area contributed by atoms with E-state index in [9.17, 15) is 14.0 Å². The maximum atomic E-state index is 14.6. The Morgan fingerprint density at radius 2 is 2.19 bits per heavy atom. The number of hydrogen-bond acceptors (Lipinski definition) is 5. The number of nitrogens with one attached hydrogen (secondary N) is 1. The zero-order valence-electron chi connectivity index (χ0n) is 15.3. The van der Waals surface area contributed by atoms with Crippen molar-refractivity contribution in [2.75, 3.05) is 13.7 Å². The Balaban J connectivity index is 2.05. The number of aromatic nitrogens is 3. The number of methoxy groups -OCH3 is 1. The minimum atomic E-state index is -0.808. The molecule has 27 heavy (non-hydrogen) atoms. The lowest BCUT2D eigenvalue weighted by molar-refractivity contribution is -0.136. The molecule has 0 fully saturated rings. The van der Waals surface area contributed by atoms with Gasteiger partial charge >= 0.3 is 12.0 Å². The lowest BCUT2D eigenvalue weighted by Gasteiger charge is -2.35. The summed E-state index contributed by atoms with van der Waals surface area (Å²) in [5, 5.41) is 6.68. The lowest BCUT2D eigenvalue weighted by atomic mass is 9.94. The molecule has 1 aromatic carbocycles. The maximum absolute atomic E-state index is 14.6. The molecule has 1 unspecified atom stereocenters. The second-order valence-corrected chi connectivity index (χ2v) is 6.08. The van der Waals surface area contributed by atoms with Crippen molar-refractivity contribution in [3.63, 3.8) is 0 Å². The van der Waals surface area contributed by atoms with E-state index < -0.39 is 17.8 Å². The van der Waals surface area contributed by atoms with Gasteiger partial charge < -0.3 is 10.1 Å². The third-order valence-corrected chi connectivity index (χ3v) is 4.42. The van der Waals surface area contributed by atoms with Crippen LogP contribution in [0.4, 0.5) is 9.18 Å². The van der Waals surface area contributed by atoms with Crippen LogP contribution in [-0.4, -0.2) is 45.3 Å². The molecular formula is C18H20FN5O3. The summed E-state index contributed by atoms with van der Waals surface area (Å²) in [6.45, 7) is 4.08. The molecule has 0 spiro atoms. The molecule has 1 N–H and O–H groups in total. The SMILES string of the molecule is CCCN1C(=O)NC(c2ccc(-n3cncn3)c(F)c2)C(C(=O)OC)=C1C. The minimum absolute atomic E-state index is 0.214. The summed E-state index contributed by atoms with van der Waals surface area (Å²) < 4.78 is 20.8. The first-order valence-corrected chi connectivity index (χ1v) is 8.49. The summed E-state index contributed by atoms with van der Waals surface area (Å²) in [7, 11) is 1.27. The molecule has 0 saturated heterocycles. The Kier molecular flexibility index (Phi) is 5.20. The molecule has 142 valence electrons. The van der Waals surface area contributed by atoms with E-state index in [1.54, 1.807) is 13.0 Å². The number of ether oxygens (including phenoxy) is 1. The summed E-state index contributed by atoms with van der Waals surface area (Å²) in [5.74, 6) is -1.12. The van der Waals surface area contributed by atoms with E-state index in [-0.39, 0.29) is 17.3 Å². The fraction of sp³-hybridized carbons (Fsp3) is 0.333. The highest BCUT2D eigenvalue weighted by molar-refractivity contribution is 5.95. The smallest absolute Gasteiger partial charge is 0.337 e. The van der Waals surface area contributed by atoms with Crippen molar-refractivity contribution >= 4 is 12.0 Å². The third-order valence-electron chi connectivity index (χ3n) is 4.42. The Morgan fingerprint density at radius 1 is 1.41 bits per heavy atom. The number of rotatable bonds is 5. The summed E-state index contributed by atoms with van der Waals surface area (Å²) in [6.07, 6.45) is 3.41. The summed E-state index contributed by atoms with van der Waals surface area (Å²) in [6, 6.07) is 3.28. The molecule has 0 aliphatic carbocycles. The Labute approximate surface area is 155 Å². The van der Waals surface area contributed by atoms with Gasteiger partial charge in [0.1, 0.15) is 24.2 Å². The third kappa shape index (κ3) is 3.40. The molecule has 0 radical (unpaired) electrons. The van der Waals surface area contributed by atoms with Crippen molar-refractivity contribution in [2.24, 2.45) is 0 Å². The number of urea groups is 1. The van der Waals surface area contributed by atoms with E-state index in [0.29, 0.717) is 17.8 Å². The van der Waals surface area contributed by atoms with Crippen molar-refractivity contribution in [1.82, 2.24) is 25.0 Å². The van der Waals surface area contributed by atoms with Gasteiger partial charge in [-0.2, -0.15) is 5.10 Å². The Bertz CT molecular complexity index is 894. The number of carbonyl (C=O) groups is 2. The predicted molar refractivity (Wildman–Crippen MR) is 94.3 cm³/mol. The molecule has 1 aliphatic heterocycles. The summed E-state index contributed by atoms with van der Waals surface area (Å²) >= 11 is 0. The molecule has 0 bridgehead atoms. The van der Waals surface area contributed by atoms with E-state index in [1.165, 1.54) is 41.5 Å². The molecule has 2 amide bonds. The van der Waals surface area contributed by atoms with Crippen LogP contribution in [0.25, 0.3) is 5.69 Å². The van der Waals surface area contributed by atoms with Crippen molar-refractivity contribution < 1.29 is 18.7 Å². The highest BCUT2D eigenvalue weighted by Crippen LogP contribution is 2.32. The molecule has 1 aliphatic rings. The van der Waals surface area contributed by atoms with Crippen LogP contribution in [0.3, 0.4) is 0 Å². The standard InChI is InChI=1S/C18H20FN5O3/c1-4-7-23-11(2)15(17(25)27-3)16(22-18(23)26)12-5-6-14(13(19)8-12)24-10-20-9-21-24/h5-6,8-10,16H,4,7H2,1-3H3,(H,22,26). The second-order valence-electron chi connectivity index (χ2n) is 6.08. The zero-order chi connectivity index (χ0) is 19.6. The van der Waals surface area contributed by atoms with Crippen LogP contribution in [0.5, 0.6) is 0 Å². The first kappa shape index (κ1) is 18.6. The average Bonchev–Trinajstić information content (AvgIpc) is 3.18. The summed E-state index contributed by atoms with van der Waals surface area (Å²) in [5.41, 5.74) is 1.42. The normalized spacial score (nSPS) is 17.1. The van der Waals surface area contributed by atoms with E-state index >= 15 is 0 Å². The second kappa shape index (κ2) is 7.56. The molecule has 0 saturated carbocycles. The van der Waals surface area contributed by atoms with Gasteiger partial charge in [0.15, 0.2) is 0 Å². The maximum Gasteiger partial charge on any atom is 0.337 e. The minimum Gasteiger partial charge on any atom is -0.466 e. The molecule has 2 heterocycles. The number of esters is 1. The van der Waals surface area contributed by atoms with Gasteiger partial charge in [-0.25, -0.2) is 23.6 Å². The topological polar surface area (TPSA) is 89.4 Å². The van der Waals surface area contributed by atoms with Gasteiger partial charge in [-0.3, -0.25) is 4.90 Å². The monoisotopic (exact) mass is 373 g/mol. The van der Waals surface area contributed by atoms with Crippen molar-refractivity contribution in [3.8, 4) is 5.69 Å². The average molecular weight is 373 g/mol. The van der Waals surface area contributed by atoms with Gasteiger partial charge in [-0.05, 0) is 31.0 Å². The molecule has 9 heteroatoms. The Hall–Kier alpha value is -3.23. The first-order chi connectivity index (χ1) is 13.0. The van der Waals surface area contributed by atoms with E-state index in [0.717, 1.165) is 6.42 Å². The largest absolute Gasteiger partial charge is 0.466 e. The molecule has 8 nitrogen and oxygen atoms in total. The number of carbonyl (C=O) groups excluding carboxylic acids is 2. The van der Waals surface area contributed by atoms with Gasteiger partial charge in [-0.15, -0.1) is 0 Å². The molecule has 3 rings (SSSR count). The van der Waals surface area contributed by atoms with Crippen molar-refractivity contribution in [2.45, 2.75) is 26.3 Å². The van der Waals surface area contributed by atoms with E-state index in [1.807, 2.05) is 6.92 Å². The zero-order valence-corrected chi connectivity index (χ0v) is 15.3. The van der Waals surface area contributed by atoms with Crippen LogP contribution in [0, 0.1) is 5.82 Å². The molecule has 1 atom stereocenters. The van der Waals surface area contributed by atoms with Crippen LogP contribution in [0.15, 0.2) is 42.1 Å². The number of nitrogens with zero attached hydrogens (tertiary/aromatic N) is 4. The van der Waals surface area contributed by atoms with Crippen LogP contribution in [0.2, 0.25) is 0 Å². The predicted octanol–water partition coefficient (Wildman–Crippen LogP) is 2.33. The molecule has 2 aromatic rings. The fourth-order valence-corrected chi connectivity index (χ4v) is 3.12. The number of benzene rings is 1. The van der Waals surface area contributed by atoms with E-state index in [4.69, 9.17) is 4.74 Å². The highest BCUT2D eigenvalue weighted by atomic mass is 19.1. The van der Waals surface area contributed by atoms with Crippen LogP contribution in [-0.2, 0) is 9.53 Å². The van der Waals surface area contributed by atoms with Gasteiger partial charge in [0.05, 0.1) is 18.7 Å². The van der Waals surface area contributed by atoms with E-state index in [2.05, 4.69) is 15.4 Å². The number of hydrogen-bond donors (Lipinski definition) is 1. The van der Waals surface area contributed by atoms with Gasteiger partial charge in [0.2, 0.25) is 0 Å². The van der Waals surface area contributed by atoms with Crippen molar-refractivity contribution in [3.05, 3.63) is 53.5 Å². The fourth-order valence-electron chi connectivity index (χ4n) is 3.12. The van der Waals surface area contributed by atoms with Crippen LogP contribution < -0.4 is 5.32 Å². The highest BCUT2D eigenvalue weighted by Gasteiger charge is 2.36. The van der Waals surface area contributed by atoms with Gasteiger partial charge in [-0.1, -0.05) is 13.0 Å². The Morgan fingerprint density at radius 3 is 2.78 bits per heavy atom. The summed E-state index contributed by atoms with van der Waals surface area (Å²) in [4.78, 5) is 30.2. The van der Waals surface area contributed by atoms with Gasteiger partial charge in [0, 0.05) is 12.2 Å². The molecular weight excluding hydrogens is 353 g/mol. The van der Waals surface area contributed by atoms with Crippen LogP contribution >= 0.6 is 0 Å².